The number of nitrogens with two attached hydrogens (primary N) is 1. The molecule has 0 saturated heterocycles. The van der Waals surface area contributed by atoms with Crippen molar-refractivity contribution in [1.82, 2.24) is 4.57 Å². The number of carbonyl (C=O) groups is 1. The van der Waals surface area contributed by atoms with Gasteiger partial charge in [0.2, 0.25) is 5.91 Å². The summed E-state index contributed by atoms with van der Waals surface area (Å²) in [6, 6.07) is 5.82. The van der Waals surface area contributed by atoms with Crippen LogP contribution in [-0.4, -0.2) is 10.5 Å². The van der Waals surface area contributed by atoms with E-state index in [-0.39, 0.29) is 0 Å². The van der Waals surface area contributed by atoms with Gasteiger partial charge in [0.15, 0.2) is 0 Å². The number of hydrogen-bond donors (Lipinski definition) is 2. The number of carbonyl (C=O) groups excluding carboxylic acids is 1. The van der Waals surface area contributed by atoms with E-state index >= 15 is 0 Å². The van der Waals surface area contributed by atoms with Crippen molar-refractivity contribution < 1.29 is 13.6 Å². The van der Waals surface area contributed by atoms with Gasteiger partial charge in [0.25, 0.3) is 5.56 Å². The topological polar surface area (TPSA) is 77.1 Å². The fourth-order valence-electron chi connectivity index (χ4n) is 1.62. The first kappa shape index (κ1) is 13.7. The predicted octanol–water partition coefficient (Wildman–Crippen LogP) is 1.35. The Morgan fingerprint density at radius 2 is 1.85 bits per heavy atom. The number of benzene rings is 1. The van der Waals surface area contributed by atoms with Crippen LogP contribution in [0.3, 0.4) is 0 Å². The molecule has 7 heteroatoms. The lowest BCUT2D eigenvalue weighted by molar-refractivity contribution is -0.116. The van der Waals surface area contributed by atoms with Crippen LogP contribution >= 0.6 is 0 Å². The van der Waals surface area contributed by atoms with Crippen molar-refractivity contribution in [2.75, 3.05) is 11.1 Å². The first-order valence-corrected chi connectivity index (χ1v) is 5.67. The van der Waals surface area contributed by atoms with Gasteiger partial charge in [0, 0.05) is 18.0 Å². The molecule has 5 nitrogen and oxygen atoms in total. The molecule has 0 radical (unpaired) electrons. The summed E-state index contributed by atoms with van der Waals surface area (Å²) in [5, 5.41) is 2.08. The van der Waals surface area contributed by atoms with E-state index in [0.29, 0.717) is 5.69 Å². The summed E-state index contributed by atoms with van der Waals surface area (Å²) in [7, 11) is 0. The van der Waals surface area contributed by atoms with Gasteiger partial charge in [-0.05, 0) is 18.2 Å². The van der Waals surface area contributed by atoms with Crippen molar-refractivity contribution in [3.8, 4) is 0 Å². The molecule has 0 aliphatic rings. The van der Waals surface area contributed by atoms with Crippen molar-refractivity contribution >= 4 is 17.3 Å². The van der Waals surface area contributed by atoms with Crippen LogP contribution in [0.1, 0.15) is 0 Å². The van der Waals surface area contributed by atoms with Crippen molar-refractivity contribution in [1.29, 1.82) is 0 Å². The lowest BCUT2D eigenvalue weighted by atomic mass is 10.3. The molecule has 20 heavy (non-hydrogen) atoms. The van der Waals surface area contributed by atoms with Crippen molar-refractivity contribution in [2.45, 2.75) is 6.54 Å². The largest absolute Gasteiger partial charge is 0.398 e. The Morgan fingerprint density at radius 3 is 2.50 bits per heavy atom. The maximum absolute atomic E-state index is 13.3. The normalized spacial score (nSPS) is 10.3. The summed E-state index contributed by atoms with van der Waals surface area (Å²) in [4.78, 5) is 23.2. The molecule has 0 spiro atoms. The number of nitrogen functional groups attached to an aromatic ring is 1. The zero-order chi connectivity index (χ0) is 14.7. The van der Waals surface area contributed by atoms with Gasteiger partial charge in [-0.15, -0.1) is 0 Å². The third kappa shape index (κ3) is 3.00. The zero-order valence-corrected chi connectivity index (χ0v) is 10.3. The second-order valence-corrected chi connectivity index (χ2v) is 4.07. The highest BCUT2D eigenvalue weighted by Gasteiger charge is 2.12. The number of pyridine rings is 1. The fraction of sp³-hybridized carbons (Fsp3) is 0.0769. The van der Waals surface area contributed by atoms with E-state index in [1.165, 1.54) is 24.4 Å². The summed E-state index contributed by atoms with van der Waals surface area (Å²) < 4.78 is 27.7. The average Bonchev–Trinajstić information content (AvgIpc) is 2.38. The quantitative estimate of drug-likeness (QED) is 0.890. The van der Waals surface area contributed by atoms with Gasteiger partial charge in [-0.3, -0.25) is 9.59 Å². The van der Waals surface area contributed by atoms with E-state index in [1.54, 1.807) is 0 Å². The van der Waals surface area contributed by atoms with E-state index in [9.17, 15) is 18.4 Å². The third-order valence-corrected chi connectivity index (χ3v) is 2.55. The predicted molar refractivity (Wildman–Crippen MR) is 70.1 cm³/mol. The zero-order valence-electron chi connectivity index (χ0n) is 10.3. The number of nitrogens with one attached hydrogen (secondary N) is 1. The Hall–Kier alpha value is -2.70. The molecule has 0 atom stereocenters. The highest BCUT2D eigenvalue weighted by atomic mass is 19.1. The SMILES string of the molecule is Nc1ccc(=O)n(CC(=O)Nc2c(F)cccc2F)c1. The molecule has 0 bridgehead atoms. The van der Waals surface area contributed by atoms with Gasteiger partial charge in [-0.2, -0.15) is 0 Å². The van der Waals surface area contributed by atoms with Gasteiger partial charge < -0.3 is 15.6 Å². The number of amides is 1. The van der Waals surface area contributed by atoms with Gasteiger partial charge in [0.1, 0.15) is 23.9 Å². The second kappa shape index (κ2) is 5.52. The molecule has 1 amide bonds. The second-order valence-electron chi connectivity index (χ2n) is 4.07. The number of nitrogens with zero attached hydrogens (tertiary/aromatic N) is 1. The fourth-order valence-corrected chi connectivity index (χ4v) is 1.62. The number of halogens is 2. The molecule has 0 saturated carbocycles. The van der Waals surface area contributed by atoms with Gasteiger partial charge in [0.05, 0.1) is 0 Å². The smallest absolute Gasteiger partial charge is 0.251 e. The molecule has 0 aliphatic heterocycles. The summed E-state index contributed by atoms with van der Waals surface area (Å²) in [6.07, 6.45) is 1.28. The van der Waals surface area contributed by atoms with Crippen LogP contribution in [0.5, 0.6) is 0 Å². The molecule has 0 fully saturated rings. The van der Waals surface area contributed by atoms with Gasteiger partial charge in [-0.25, -0.2) is 8.78 Å². The molecule has 1 aromatic carbocycles. The minimum Gasteiger partial charge on any atom is -0.398 e. The van der Waals surface area contributed by atoms with E-state index < -0.39 is 35.3 Å². The summed E-state index contributed by atoms with van der Waals surface area (Å²) in [6.45, 7) is -0.391. The average molecular weight is 279 g/mol. The Kier molecular flexibility index (Phi) is 3.79. The maximum atomic E-state index is 13.3. The van der Waals surface area contributed by atoms with E-state index in [1.807, 2.05) is 0 Å². The lowest BCUT2D eigenvalue weighted by Gasteiger charge is -2.09. The van der Waals surface area contributed by atoms with Crippen LogP contribution in [0.25, 0.3) is 0 Å². The van der Waals surface area contributed by atoms with Crippen molar-refractivity contribution in [3.05, 3.63) is 58.5 Å². The summed E-state index contributed by atoms with van der Waals surface area (Å²) in [5.41, 5.74) is 4.80. The van der Waals surface area contributed by atoms with E-state index in [2.05, 4.69) is 5.32 Å². The molecule has 3 N–H and O–H groups in total. The number of hydrogen-bond acceptors (Lipinski definition) is 3. The molecular formula is C13H11F2N3O2. The Morgan fingerprint density at radius 1 is 1.20 bits per heavy atom. The minimum absolute atomic E-state index is 0.300. The first-order chi connectivity index (χ1) is 9.47. The molecule has 1 heterocycles. The number of rotatable bonds is 3. The van der Waals surface area contributed by atoms with Crippen LogP contribution in [0.2, 0.25) is 0 Å². The van der Waals surface area contributed by atoms with E-state index in [4.69, 9.17) is 5.73 Å². The Balaban J connectivity index is 2.17. The van der Waals surface area contributed by atoms with Crippen molar-refractivity contribution in [2.24, 2.45) is 0 Å². The molecule has 0 unspecified atom stereocenters. The van der Waals surface area contributed by atoms with Crippen molar-refractivity contribution in [3.63, 3.8) is 0 Å². The van der Waals surface area contributed by atoms with Crippen LogP contribution in [0.4, 0.5) is 20.2 Å². The standard InChI is InChI=1S/C13H11F2N3O2/c14-9-2-1-3-10(15)13(9)17-11(19)7-18-6-8(16)4-5-12(18)20/h1-6H,7,16H2,(H,17,19). The molecule has 0 aliphatic carbocycles. The maximum Gasteiger partial charge on any atom is 0.251 e. The lowest BCUT2D eigenvalue weighted by Crippen LogP contribution is -2.27. The summed E-state index contributed by atoms with van der Waals surface area (Å²) in [5.74, 6) is -2.52. The molecule has 2 rings (SSSR count). The molecule has 1 aromatic heterocycles. The van der Waals surface area contributed by atoms with Crippen LogP contribution < -0.4 is 16.6 Å². The van der Waals surface area contributed by atoms with Crippen LogP contribution in [0, 0.1) is 11.6 Å². The highest BCUT2D eigenvalue weighted by molar-refractivity contribution is 5.90. The molecular weight excluding hydrogens is 268 g/mol. The van der Waals surface area contributed by atoms with Crippen LogP contribution in [0.15, 0.2) is 41.3 Å². The minimum atomic E-state index is -0.890. The molecule has 104 valence electrons. The first-order valence-electron chi connectivity index (χ1n) is 5.67. The van der Waals surface area contributed by atoms with Gasteiger partial charge in [-0.1, -0.05) is 6.07 Å². The number of para-hydroxylation sites is 1. The highest BCUT2D eigenvalue weighted by Crippen LogP contribution is 2.17. The van der Waals surface area contributed by atoms with Gasteiger partial charge >= 0.3 is 0 Å². The monoisotopic (exact) mass is 279 g/mol. The Labute approximate surface area is 112 Å². The number of aromatic nitrogens is 1. The van der Waals surface area contributed by atoms with E-state index in [0.717, 1.165) is 16.7 Å². The Bertz CT molecular complexity index is 693. The third-order valence-electron chi connectivity index (χ3n) is 2.55. The molecule has 2 aromatic rings. The summed E-state index contributed by atoms with van der Waals surface area (Å²) >= 11 is 0. The number of anilines is 2. The van der Waals surface area contributed by atoms with Crippen LogP contribution in [-0.2, 0) is 11.3 Å².